The van der Waals surface area contributed by atoms with Crippen molar-refractivity contribution in [1.29, 1.82) is 0 Å². The van der Waals surface area contributed by atoms with E-state index in [0.29, 0.717) is 28.6 Å². The van der Waals surface area contributed by atoms with Crippen LogP contribution < -0.4 is 4.90 Å². The maximum Gasteiger partial charge on any atom is 0.258 e. The minimum Gasteiger partial charge on any atom is -0.356 e. The lowest BCUT2D eigenvalue weighted by Gasteiger charge is -2.35. The molecule has 1 aromatic carbocycles. The Balaban J connectivity index is 1.37. The molecule has 2 aliphatic rings. The summed E-state index contributed by atoms with van der Waals surface area (Å²) in [5, 5.41) is 6.25. The quantitative estimate of drug-likeness (QED) is 0.356. The molecule has 2 fully saturated rings. The van der Waals surface area contributed by atoms with Gasteiger partial charge in [0.25, 0.3) is 5.91 Å². The summed E-state index contributed by atoms with van der Waals surface area (Å²) >= 11 is 6.60. The van der Waals surface area contributed by atoms with E-state index in [4.69, 9.17) is 21.7 Å². The van der Waals surface area contributed by atoms with E-state index in [2.05, 4.69) is 29.9 Å². The third kappa shape index (κ3) is 3.99. The average molecular weight is 503 g/mol. The Morgan fingerprint density at radius 2 is 1.97 bits per heavy atom. The third-order valence-corrected chi connectivity index (χ3v) is 7.92. The van der Waals surface area contributed by atoms with Gasteiger partial charge in [-0.05, 0) is 63.1 Å². The Morgan fingerprint density at radius 3 is 2.78 bits per heavy atom. The topological polar surface area (TPSA) is 66.6 Å². The Labute approximate surface area is 216 Å². The monoisotopic (exact) mass is 502 g/mol. The summed E-state index contributed by atoms with van der Waals surface area (Å²) < 4.78 is 1.86. The molecular weight excluding hydrogens is 472 g/mol. The molecule has 0 radical (unpaired) electrons. The SMILES string of the molecule is Cc1cnc2c(C(=O)N3CCCC[C@H]3c3cc4nc(N5CC[C@H](C)C5)c(C)cn4n3)c(Cl)ccc2c1. The molecule has 0 bridgehead atoms. The molecule has 0 spiro atoms. The van der Waals surface area contributed by atoms with Crippen molar-refractivity contribution < 1.29 is 4.79 Å². The summed E-state index contributed by atoms with van der Waals surface area (Å²) in [5.74, 6) is 1.64. The van der Waals surface area contributed by atoms with Gasteiger partial charge in [-0.15, -0.1) is 0 Å². The summed E-state index contributed by atoms with van der Waals surface area (Å²) in [6.45, 7) is 9.13. The van der Waals surface area contributed by atoms with Gasteiger partial charge in [0.2, 0.25) is 0 Å². The number of likely N-dealkylation sites (tertiary alicyclic amines) is 1. The van der Waals surface area contributed by atoms with Crippen molar-refractivity contribution in [2.24, 2.45) is 5.92 Å². The first-order chi connectivity index (χ1) is 17.4. The van der Waals surface area contributed by atoms with E-state index < -0.39 is 0 Å². The van der Waals surface area contributed by atoms with Crippen molar-refractivity contribution in [1.82, 2.24) is 24.5 Å². The van der Waals surface area contributed by atoms with E-state index in [1.807, 2.05) is 34.5 Å². The highest BCUT2D eigenvalue weighted by Crippen LogP contribution is 2.35. The van der Waals surface area contributed by atoms with Gasteiger partial charge in [-0.2, -0.15) is 5.10 Å². The summed E-state index contributed by atoms with van der Waals surface area (Å²) in [6.07, 6.45) is 7.91. The van der Waals surface area contributed by atoms with Crippen LogP contribution in [0.3, 0.4) is 0 Å². The maximum atomic E-state index is 14.0. The average Bonchev–Trinajstić information content (AvgIpc) is 3.48. The van der Waals surface area contributed by atoms with Gasteiger partial charge in [0.15, 0.2) is 5.65 Å². The van der Waals surface area contributed by atoms with Crippen LogP contribution in [0.2, 0.25) is 5.02 Å². The maximum absolute atomic E-state index is 14.0. The summed E-state index contributed by atoms with van der Waals surface area (Å²) in [6, 6.07) is 7.69. The number of nitrogens with zero attached hydrogens (tertiary/aromatic N) is 6. The third-order valence-electron chi connectivity index (χ3n) is 7.61. The molecule has 2 aliphatic heterocycles. The largest absolute Gasteiger partial charge is 0.356 e. The van der Waals surface area contributed by atoms with Crippen LogP contribution in [0.15, 0.2) is 36.7 Å². The van der Waals surface area contributed by atoms with Crippen LogP contribution in [0.5, 0.6) is 0 Å². The van der Waals surface area contributed by atoms with Crippen LogP contribution in [0.4, 0.5) is 5.82 Å². The Morgan fingerprint density at radius 1 is 1.11 bits per heavy atom. The number of carbonyl (C=O) groups excluding carboxylic acids is 1. The van der Waals surface area contributed by atoms with Crippen LogP contribution in [0.25, 0.3) is 16.6 Å². The van der Waals surface area contributed by atoms with E-state index >= 15 is 0 Å². The van der Waals surface area contributed by atoms with Crippen LogP contribution in [-0.4, -0.2) is 50.0 Å². The molecule has 0 N–H and O–H groups in total. The summed E-state index contributed by atoms with van der Waals surface area (Å²) in [4.78, 5) is 27.9. The van der Waals surface area contributed by atoms with E-state index in [0.717, 1.165) is 66.0 Å². The van der Waals surface area contributed by atoms with Gasteiger partial charge in [0.1, 0.15) is 5.82 Å². The van der Waals surface area contributed by atoms with Gasteiger partial charge in [0.05, 0.1) is 27.8 Å². The molecule has 6 rings (SSSR count). The van der Waals surface area contributed by atoms with E-state index in [9.17, 15) is 4.79 Å². The number of amides is 1. The zero-order chi connectivity index (χ0) is 25.0. The number of benzene rings is 1. The number of hydrogen-bond donors (Lipinski definition) is 0. The number of rotatable bonds is 3. The number of aryl methyl sites for hydroxylation is 2. The van der Waals surface area contributed by atoms with Crippen LogP contribution >= 0.6 is 11.6 Å². The zero-order valence-corrected chi connectivity index (χ0v) is 21.8. The lowest BCUT2D eigenvalue weighted by atomic mass is 9.97. The first kappa shape index (κ1) is 23.2. The number of anilines is 1. The normalized spacial score (nSPS) is 20.6. The molecule has 3 aromatic heterocycles. The molecule has 0 saturated carbocycles. The molecule has 0 aliphatic carbocycles. The highest BCUT2D eigenvalue weighted by Gasteiger charge is 2.33. The van der Waals surface area contributed by atoms with Crippen molar-refractivity contribution in [2.45, 2.75) is 52.5 Å². The second-order valence-electron chi connectivity index (χ2n) is 10.5. The lowest BCUT2D eigenvalue weighted by molar-refractivity contribution is 0.0607. The van der Waals surface area contributed by atoms with Crippen molar-refractivity contribution >= 4 is 39.9 Å². The van der Waals surface area contributed by atoms with E-state index in [-0.39, 0.29) is 11.9 Å². The van der Waals surface area contributed by atoms with Gasteiger partial charge in [-0.25, -0.2) is 9.50 Å². The number of pyridine rings is 1. The van der Waals surface area contributed by atoms with Crippen LogP contribution in [0.1, 0.15) is 65.8 Å². The smallest absolute Gasteiger partial charge is 0.258 e. The standard InChI is InChI=1S/C28H31ClN6O/c1-17-9-11-33(15-17)27-19(3)16-35-24(31-27)13-22(32-35)23-6-4-5-10-34(23)28(36)25-21(29)8-7-20-12-18(2)14-30-26(20)25/h7-8,12-14,16-17,23H,4-6,9-11,15H2,1-3H3/t17-,23-/m0/s1. The molecule has 1 amide bonds. The number of piperidine rings is 1. The molecule has 8 heteroatoms. The molecule has 2 atom stereocenters. The van der Waals surface area contributed by atoms with Gasteiger partial charge in [-0.3, -0.25) is 9.78 Å². The van der Waals surface area contributed by atoms with Gasteiger partial charge >= 0.3 is 0 Å². The Bertz CT molecular complexity index is 1480. The Kier molecular flexibility index (Phi) is 5.83. The molecule has 5 heterocycles. The number of carbonyl (C=O) groups is 1. The fourth-order valence-corrected chi connectivity index (χ4v) is 5.98. The summed E-state index contributed by atoms with van der Waals surface area (Å²) in [5.41, 5.74) is 5.00. The number of aromatic nitrogens is 4. The van der Waals surface area contributed by atoms with Crippen LogP contribution in [0, 0.1) is 19.8 Å². The molecule has 36 heavy (non-hydrogen) atoms. The highest BCUT2D eigenvalue weighted by atomic mass is 35.5. The van der Waals surface area contributed by atoms with Crippen molar-refractivity contribution in [3.8, 4) is 0 Å². The first-order valence-electron chi connectivity index (χ1n) is 12.9. The van der Waals surface area contributed by atoms with Gasteiger partial charge in [-0.1, -0.05) is 24.6 Å². The van der Waals surface area contributed by atoms with Gasteiger partial charge < -0.3 is 9.80 Å². The molecular formula is C28H31ClN6O. The van der Waals surface area contributed by atoms with Crippen molar-refractivity contribution in [3.63, 3.8) is 0 Å². The minimum absolute atomic E-state index is 0.0837. The first-order valence-corrected chi connectivity index (χ1v) is 13.2. The fraction of sp³-hybridized carbons (Fsp3) is 0.429. The van der Waals surface area contributed by atoms with E-state index in [1.54, 1.807) is 12.3 Å². The predicted molar refractivity (Wildman–Crippen MR) is 143 cm³/mol. The molecule has 2 saturated heterocycles. The zero-order valence-electron chi connectivity index (χ0n) is 21.0. The lowest BCUT2D eigenvalue weighted by Crippen LogP contribution is -2.39. The second-order valence-corrected chi connectivity index (χ2v) is 10.9. The number of halogens is 1. The van der Waals surface area contributed by atoms with Crippen LogP contribution in [-0.2, 0) is 0 Å². The number of fused-ring (bicyclic) bond motifs is 2. The minimum atomic E-state index is -0.125. The van der Waals surface area contributed by atoms with Gasteiger partial charge in [0, 0.05) is 49.0 Å². The predicted octanol–water partition coefficient (Wildman–Crippen LogP) is 5.76. The second kappa shape index (κ2) is 9.04. The number of hydrogen-bond acceptors (Lipinski definition) is 5. The molecule has 7 nitrogen and oxygen atoms in total. The fourth-order valence-electron chi connectivity index (χ4n) is 5.75. The highest BCUT2D eigenvalue weighted by molar-refractivity contribution is 6.35. The molecule has 186 valence electrons. The van der Waals surface area contributed by atoms with Crippen molar-refractivity contribution in [3.05, 3.63) is 64.1 Å². The van der Waals surface area contributed by atoms with Crippen molar-refractivity contribution in [2.75, 3.05) is 24.5 Å². The summed E-state index contributed by atoms with van der Waals surface area (Å²) in [7, 11) is 0. The molecule has 0 unspecified atom stereocenters. The van der Waals surface area contributed by atoms with E-state index in [1.165, 1.54) is 6.42 Å². The molecule has 4 aromatic rings. The Hall–Kier alpha value is -3.19.